The molecule has 0 unspecified atom stereocenters. The summed E-state index contributed by atoms with van der Waals surface area (Å²) in [5.41, 5.74) is 10.1. The van der Waals surface area contributed by atoms with Gasteiger partial charge in [0.05, 0.1) is 0 Å². The van der Waals surface area contributed by atoms with Crippen molar-refractivity contribution in [3.05, 3.63) is 34.7 Å². The van der Waals surface area contributed by atoms with Gasteiger partial charge in [-0.1, -0.05) is 17.2 Å². The van der Waals surface area contributed by atoms with Gasteiger partial charge in [-0.15, -0.1) is 0 Å². The summed E-state index contributed by atoms with van der Waals surface area (Å²) in [5.74, 6) is 0. The van der Waals surface area contributed by atoms with Gasteiger partial charge in [-0.3, -0.25) is 0 Å². The van der Waals surface area contributed by atoms with Gasteiger partial charge in [-0.2, -0.15) is 0 Å². The van der Waals surface area contributed by atoms with Crippen LogP contribution in [0.5, 0.6) is 0 Å². The van der Waals surface area contributed by atoms with Crippen molar-refractivity contribution in [1.29, 1.82) is 0 Å². The number of anilines is 1. The number of hydrogen-bond donors (Lipinski definition) is 1. The fourth-order valence-corrected chi connectivity index (χ4v) is 1.70. The molecule has 78 valence electrons. The second-order valence-electron chi connectivity index (χ2n) is 3.44. The van der Waals surface area contributed by atoms with Crippen LogP contribution in [0.25, 0.3) is 10.4 Å². The van der Waals surface area contributed by atoms with E-state index < -0.39 is 0 Å². The van der Waals surface area contributed by atoms with Crippen LogP contribution >= 0.6 is 0 Å². The highest BCUT2D eigenvalue weighted by Crippen LogP contribution is 2.19. The van der Waals surface area contributed by atoms with Gasteiger partial charge in [0.25, 0.3) is 0 Å². The zero-order valence-electron chi connectivity index (χ0n) is 8.43. The van der Waals surface area contributed by atoms with E-state index in [1.165, 1.54) is 5.69 Å². The molecular formula is C10H13N5. The van der Waals surface area contributed by atoms with E-state index in [1.54, 1.807) is 0 Å². The van der Waals surface area contributed by atoms with Gasteiger partial charge < -0.3 is 10.2 Å². The second-order valence-corrected chi connectivity index (χ2v) is 3.44. The Morgan fingerprint density at radius 3 is 2.47 bits per heavy atom. The molecule has 1 aliphatic heterocycles. The molecule has 0 aliphatic carbocycles. The van der Waals surface area contributed by atoms with Crippen molar-refractivity contribution in [3.8, 4) is 0 Å². The van der Waals surface area contributed by atoms with Crippen LogP contribution in [0.2, 0.25) is 0 Å². The fraction of sp³-hybridized carbons (Fsp3) is 0.400. The van der Waals surface area contributed by atoms with Gasteiger partial charge in [-0.05, 0) is 17.7 Å². The number of benzene rings is 1. The minimum absolute atomic E-state index is 0.663. The van der Waals surface area contributed by atoms with Crippen LogP contribution < -0.4 is 10.2 Å². The molecule has 2 rings (SSSR count). The Hall–Kier alpha value is -1.71. The SMILES string of the molecule is [N-]=[N+]=Nc1ccc(N2CCNCC2)cc1. The van der Waals surface area contributed by atoms with Crippen molar-refractivity contribution in [2.75, 3.05) is 31.1 Å². The molecule has 0 saturated carbocycles. The lowest BCUT2D eigenvalue weighted by Gasteiger charge is -2.29. The van der Waals surface area contributed by atoms with Crippen LogP contribution in [-0.2, 0) is 0 Å². The van der Waals surface area contributed by atoms with E-state index >= 15 is 0 Å². The number of rotatable bonds is 2. The first kappa shape index (κ1) is 9.83. The molecule has 1 heterocycles. The molecule has 0 atom stereocenters. The van der Waals surface area contributed by atoms with Crippen LogP contribution in [0.1, 0.15) is 0 Å². The number of azide groups is 1. The molecule has 5 nitrogen and oxygen atoms in total. The van der Waals surface area contributed by atoms with Crippen LogP contribution in [-0.4, -0.2) is 26.2 Å². The summed E-state index contributed by atoms with van der Waals surface area (Å²) in [4.78, 5) is 5.07. The summed E-state index contributed by atoms with van der Waals surface area (Å²) in [6.07, 6.45) is 0. The van der Waals surface area contributed by atoms with Crippen LogP contribution in [0.3, 0.4) is 0 Å². The van der Waals surface area contributed by atoms with Gasteiger partial charge >= 0.3 is 0 Å². The van der Waals surface area contributed by atoms with Crippen LogP contribution in [0, 0.1) is 0 Å². The molecule has 5 heteroatoms. The van der Waals surface area contributed by atoms with Crippen molar-refractivity contribution in [2.45, 2.75) is 0 Å². The van der Waals surface area contributed by atoms with E-state index in [0.717, 1.165) is 26.2 Å². The molecule has 1 fully saturated rings. The topological polar surface area (TPSA) is 64.0 Å². The van der Waals surface area contributed by atoms with Crippen molar-refractivity contribution >= 4 is 11.4 Å². The average Bonchev–Trinajstić information content (AvgIpc) is 2.32. The van der Waals surface area contributed by atoms with E-state index in [0.29, 0.717) is 5.69 Å². The van der Waals surface area contributed by atoms with Crippen molar-refractivity contribution in [2.24, 2.45) is 5.11 Å². The molecule has 0 amide bonds. The van der Waals surface area contributed by atoms with Gasteiger partial charge in [0.15, 0.2) is 0 Å². The highest BCUT2D eigenvalue weighted by molar-refractivity contribution is 5.53. The molecule has 0 spiro atoms. The lowest BCUT2D eigenvalue weighted by atomic mass is 10.2. The smallest absolute Gasteiger partial charge is 0.0376 e. The molecule has 1 aromatic rings. The molecule has 15 heavy (non-hydrogen) atoms. The largest absolute Gasteiger partial charge is 0.369 e. The summed E-state index contributed by atoms with van der Waals surface area (Å²) in [5, 5.41) is 6.85. The summed E-state index contributed by atoms with van der Waals surface area (Å²) >= 11 is 0. The normalized spacial score (nSPS) is 15.9. The Morgan fingerprint density at radius 2 is 1.87 bits per heavy atom. The zero-order valence-corrected chi connectivity index (χ0v) is 8.43. The number of nitrogens with one attached hydrogen (secondary N) is 1. The van der Waals surface area contributed by atoms with Gasteiger partial charge in [0.1, 0.15) is 0 Å². The first-order chi connectivity index (χ1) is 7.40. The van der Waals surface area contributed by atoms with Crippen LogP contribution in [0.15, 0.2) is 29.4 Å². The molecule has 0 bridgehead atoms. The molecule has 0 aromatic heterocycles. The third-order valence-electron chi connectivity index (χ3n) is 2.49. The van der Waals surface area contributed by atoms with E-state index in [1.807, 2.05) is 24.3 Å². The second kappa shape index (κ2) is 4.68. The number of nitrogens with zero attached hydrogens (tertiary/aromatic N) is 4. The first-order valence-electron chi connectivity index (χ1n) is 5.01. The Balaban J connectivity index is 2.11. The van der Waals surface area contributed by atoms with Gasteiger partial charge in [-0.25, -0.2) is 0 Å². The number of hydrogen-bond acceptors (Lipinski definition) is 3. The lowest BCUT2D eigenvalue weighted by molar-refractivity contribution is 0.589. The molecule has 0 radical (unpaired) electrons. The summed E-state index contributed by atoms with van der Waals surface area (Å²) < 4.78 is 0. The molecule has 1 N–H and O–H groups in total. The average molecular weight is 203 g/mol. The summed E-state index contributed by atoms with van der Waals surface area (Å²) in [6.45, 7) is 4.11. The van der Waals surface area contributed by atoms with Gasteiger partial charge in [0.2, 0.25) is 0 Å². The minimum atomic E-state index is 0.663. The highest BCUT2D eigenvalue weighted by Gasteiger charge is 2.09. The molecule has 1 aromatic carbocycles. The first-order valence-corrected chi connectivity index (χ1v) is 5.01. The van der Waals surface area contributed by atoms with Crippen LogP contribution in [0.4, 0.5) is 11.4 Å². The predicted molar refractivity (Wildman–Crippen MR) is 60.3 cm³/mol. The number of piperazine rings is 1. The van der Waals surface area contributed by atoms with E-state index in [9.17, 15) is 0 Å². The van der Waals surface area contributed by atoms with Crippen molar-refractivity contribution < 1.29 is 0 Å². The fourth-order valence-electron chi connectivity index (χ4n) is 1.70. The van der Waals surface area contributed by atoms with E-state index in [4.69, 9.17) is 5.53 Å². The molecular weight excluding hydrogens is 190 g/mol. The third kappa shape index (κ3) is 2.40. The minimum Gasteiger partial charge on any atom is -0.369 e. The maximum atomic E-state index is 8.28. The Kier molecular flexibility index (Phi) is 3.07. The molecule has 1 aliphatic rings. The van der Waals surface area contributed by atoms with Crippen molar-refractivity contribution in [1.82, 2.24) is 5.32 Å². The van der Waals surface area contributed by atoms with E-state index in [-0.39, 0.29) is 0 Å². The van der Waals surface area contributed by atoms with Crippen molar-refractivity contribution in [3.63, 3.8) is 0 Å². The maximum absolute atomic E-state index is 8.28. The predicted octanol–water partition coefficient (Wildman–Crippen LogP) is 2.04. The Morgan fingerprint density at radius 1 is 1.20 bits per heavy atom. The lowest BCUT2D eigenvalue weighted by Crippen LogP contribution is -2.43. The third-order valence-corrected chi connectivity index (χ3v) is 2.49. The molecule has 1 saturated heterocycles. The Labute approximate surface area is 88.3 Å². The van der Waals surface area contributed by atoms with E-state index in [2.05, 4.69) is 20.2 Å². The zero-order chi connectivity index (χ0) is 10.5. The Bertz CT molecular complexity index is 360. The monoisotopic (exact) mass is 203 g/mol. The van der Waals surface area contributed by atoms with Gasteiger partial charge in [0, 0.05) is 42.5 Å². The maximum Gasteiger partial charge on any atom is 0.0376 e. The highest BCUT2D eigenvalue weighted by atomic mass is 15.2. The quantitative estimate of drug-likeness (QED) is 0.454. The standard InChI is InChI=1S/C10H13N5/c11-14-13-9-1-3-10(4-2-9)15-7-5-12-6-8-15/h1-4,12H,5-8H2. The summed E-state index contributed by atoms with van der Waals surface area (Å²) in [6, 6.07) is 7.68. The summed E-state index contributed by atoms with van der Waals surface area (Å²) in [7, 11) is 0.